The molecule has 0 N–H and O–H groups in total. The first-order valence-corrected chi connectivity index (χ1v) is 11.9. The minimum Gasteiger partial charge on any atom is -0.378 e. The quantitative estimate of drug-likeness (QED) is 0.411. The van der Waals surface area contributed by atoms with E-state index in [1.807, 2.05) is 28.8 Å². The Morgan fingerprint density at radius 3 is 2.61 bits per heavy atom. The summed E-state index contributed by atoms with van der Waals surface area (Å²) in [5.41, 5.74) is 4.51. The van der Waals surface area contributed by atoms with Gasteiger partial charge in [0.05, 0.1) is 31.1 Å². The number of hydrogen-bond donors (Lipinski definition) is 0. The van der Waals surface area contributed by atoms with Gasteiger partial charge in [-0.15, -0.1) is 10.2 Å². The SMILES string of the molecule is Cc1ccc(-n2c(SCC(=O)c3ccc4c(c3)CC(=O)N4C)nnc2N2CCOCC2)cc1. The van der Waals surface area contributed by atoms with E-state index in [1.54, 1.807) is 18.0 Å². The van der Waals surface area contributed by atoms with Crippen LogP contribution in [-0.2, 0) is 16.0 Å². The lowest BCUT2D eigenvalue weighted by atomic mass is 10.1. The molecule has 0 spiro atoms. The summed E-state index contributed by atoms with van der Waals surface area (Å²) < 4.78 is 7.50. The fourth-order valence-corrected chi connectivity index (χ4v) is 4.94. The van der Waals surface area contributed by atoms with Crippen molar-refractivity contribution < 1.29 is 14.3 Å². The molecule has 5 rings (SSSR count). The molecule has 0 atom stereocenters. The van der Waals surface area contributed by atoms with Crippen molar-refractivity contribution >= 4 is 35.1 Å². The molecule has 2 aromatic carbocycles. The number of nitrogens with zero attached hydrogens (tertiary/aromatic N) is 5. The first-order chi connectivity index (χ1) is 16.0. The third kappa shape index (κ3) is 4.26. The van der Waals surface area contributed by atoms with Gasteiger partial charge in [-0.2, -0.15) is 0 Å². The molecule has 1 amide bonds. The molecule has 1 aromatic heterocycles. The highest BCUT2D eigenvalue weighted by atomic mass is 32.2. The summed E-state index contributed by atoms with van der Waals surface area (Å²) in [5, 5.41) is 9.56. The van der Waals surface area contributed by atoms with Crippen molar-refractivity contribution in [2.24, 2.45) is 0 Å². The summed E-state index contributed by atoms with van der Waals surface area (Å²) in [5.74, 6) is 1.04. The van der Waals surface area contributed by atoms with Crippen molar-refractivity contribution in [3.05, 3.63) is 59.2 Å². The highest BCUT2D eigenvalue weighted by molar-refractivity contribution is 7.99. The second-order valence-corrected chi connectivity index (χ2v) is 9.18. The zero-order valence-electron chi connectivity index (χ0n) is 18.7. The molecule has 0 bridgehead atoms. The number of ketones is 1. The maximum absolute atomic E-state index is 13.0. The summed E-state index contributed by atoms with van der Waals surface area (Å²) in [6.07, 6.45) is 0.338. The molecule has 1 fully saturated rings. The second-order valence-electron chi connectivity index (χ2n) is 8.24. The van der Waals surface area contributed by atoms with E-state index in [-0.39, 0.29) is 17.4 Å². The number of morpholine rings is 1. The standard InChI is InChI=1S/C24H25N5O3S/c1-16-3-6-19(7-4-16)29-23(28-9-11-32-12-10-28)25-26-24(29)33-15-21(30)17-5-8-20-18(13-17)14-22(31)27(20)2/h3-8,13H,9-12,14-15H2,1-2H3. The van der Waals surface area contributed by atoms with Gasteiger partial charge in [0, 0.05) is 31.4 Å². The normalized spacial score (nSPS) is 15.8. The Morgan fingerprint density at radius 2 is 1.85 bits per heavy atom. The molecule has 3 heterocycles. The fourth-order valence-electron chi connectivity index (χ4n) is 4.10. The lowest BCUT2D eigenvalue weighted by molar-refractivity contribution is -0.117. The third-order valence-corrected chi connectivity index (χ3v) is 6.94. The van der Waals surface area contributed by atoms with Crippen LogP contribution in [0.4, 0.5) is 11.6 Å². The largest absolute Gasteiger partial charge is 0.378 e. The first kappa shape index (κ1) is 21.7. The summed E-state index contributed by atoms with van der Waals surface area (Å²) >= 11 is 1.37. The van der Waals surface area contributed by atoms with Crippen LogP contribution < -0.4 is 9.80 Å². The van der Waals surface area contributed by atoms with Gasteiger partial charge in [-0.05, 0) is 42.8 Å². The van der Waals surface area contributed by atoms with E-state index in [0.717, 1.165) is 36.0 Å². The van der Waals surface area contributed by atoms with Crippen molar-refractivity contribution in [3.63, 3.8) is 0 Å². The van der Waals surface area contributed by atoms with E-state index < -0.39 is 0 Å². The number of ether oxygens (including phenoxy) is 1. The van der Waals surface area contributed by atoms with Crippen molar-refractivity contribution in [1.82, 2.24) is 14.8 Å². The van der Waals surface area contributed by atoms with Crippen molar-refractivity contribution in [2.75, 3.05) is 48.9 Å². The Hall–Kier alpha value is -3.17. The Kier molecular flexibility index (Phi) is 5.90. The number of rotatable bonds is 6. The van der Waals surface area contributed by atoms with Crippen LogP contribution in [0.1, 0.15) is 21.5 Å². The van der Waals surface area contributed by atoms with Gasteiger partial charge < -0.3 is 14.5 Å². The van der Waals surface area contributed by atoms with Crippen molar-refractivity contribution in [1.29, 1.82) is 0 Å². The van der Waals surface area contributed by atoms with E-state index >= 15 is 0 Å². The molecule has 0 saturated carbocycles. The third-order valence-electron chi connectivity index (χ3n) is 6.01. The number of carbonyl (C=O) groups excluding carboxylic acids is 2. The number of anilines is 2. The minimum atomic E-state index is -0.00354. The van der Waals surface area contributed by atoms with Gasteiger partial charge in [-0.1, -0.05) is 29.5 Å². The van der Waals surface area contributed by atoms with Crippen LogP contribution in [0.2, 0.25) is 0 Å². The highest BCUT2D eigenvalue weighted by Crippen LogP contribution is 2.30. The van der Waals surface area contributed by atoms with E-state index in [1.165, 1.54) is 17.3 Å². The number of amides is 1. The maximum atomic E-state index is 13.0. The number of Topliss-reactive ketones (excluding diaryl/α,β-unsaturated/α-hetero) is 1. The van der Waals surface area contributed by atoms with Crippen LogP contribution >= 0.6 is 11.8 Å². The second kappa shape index (κ2) is 8.99. The Labute approximate surface area is 196 Å². The molecule has 1 saturated heterocycles. The van der Waals surface area contributed by atoms with Crippen LogP contribution in [-0.4, -0.2) is 65.6 Å². The van der Waals surface area contributed by atoms with Crippen molar-refractivity contribution in [2.45, 2.75) is 18.5 Å². The van der Waals surface area contributed by atoms with Crippen LogP contribution in [0.3, 0.4) is 0 Å². The summed E-state index contributed by atoms with van der Waals surface area (Å²) in [6, 6.07) is 13.7. The average Bonchev–Trinajstić information content (AvgIpc) is 3.39. The molecule has 0 unspecified atom stereocenters. The molecule has 9 heteroatoms. The summed E-state index contributed by atoms with van der Waals surface area (Å²) in [4.78, 5) is 28.7. The minimum absolute atomic E-state index is 0.00354. The molecule has 2 aliphatic rings. The Morgan fingerprint density at radius 1 is 1.09 bits per heavy atom. The Bertz CT molecular complexity index is 1200. The van der Waals surface area contributed by atoms with Crippen molar-refractivity contribution in [3.8, 4) is 5.69 Å². The molecular formula is C24H25N5O3S. The number of fused-ring (bicyclic) bond motifs is 1. The molecule has 33 heavy (non-hydrogen) atoms. The van der Waals surface area contributed by atoms with Gasteiger partial charge in [0.2, 0.25) is 11.9 Å². The molecule has 0 radical (unpaired) electrons. The topological polar surface area (TPSA) is 80.6 Å². The van der Waals surface area contributed by atoms with Gasteiger partial charge in [0.25, 0.3) is 0 Å². The van der Waals surface area contributed by atoms with Crippen LogP contribution in [0.5, 0.6) is 0 Å². The summed E-state index contributed by atoms with van der Waals surface area (Å²) in [7, 11) is 1.76. The predicted octanol–water partition coefficient (Wildman–Crippen LogP) is 2.91. The zero-order chi connectivity index (χ0) is 22.9. The van der Waals surface area contributed by atoms with E-state index in [0.29, 0.717) is 30.4 Å². The number of aryl methyl sites for hydroxylation is 1. The smallest absolute Gasteiger partial charge is 0.232 e. The van der Waals surface area contributed by atoms with Gasteiger partial charge >= 0.3 is 0 Å². The number of benzene rings is 2. The fraction of sp³-hybridized carbons (Fsp3) is 0.333. The number of hydrogen-bond acceptors (Lipinski definition) is 7. The Balaban J connectivity index is 1.39. The highest BCUT2D eigenvalue weighted by Gasteiger charge is 2.26. The van der Waals surface area contributed by atoms with Gasteiger partial charge in [-0.25, -0.2) is 0 Å². The maximum Gasteiger partial charge on any atom is 0.232 e. The zero-order valence-corrected chi connectivity index (χ0v) is 19.5. The lowest BCUT2D eigenvalue weighted by Gasteiger charge is -2.28. The van der Waals surface area contributed by atoms with Gasteiger partial charge in [0.15, 0.2) is 10.9 Å². The number of carbonyl (C=O) groups is 2. The van der Waals surface area contributed by atoms with Gasteiger partial charge in [-0.3, -0.25) is 14.2 Å². The number of aromatic nitrogens is 3. The molecule has 0 aliphatic carbocycles. The van der Waals surface area contributed by atoms with Crippen LogP contribution in [0.25, 0.3) is 5.69 Å². The number of thioether (sulfide) groups is 1. The molecule has 3 aromatic rings. The molecular weight excluding hydrogens is 438 g/mol. The first-order valence-electron chi connectivity index (χ1n) is 10.9. The van der Waals surface area contributed by atoms with E-state index in [4.69, 9.17) is 4.74 Å². The predicted molar refractivity (Wildman–Crippen MR) is 128 cm³/mol. The monoisotopic (exact) mass is 463 g/mol. The van der Waals surface area contributed by atoms with Crippen LogP contribution in [0.15, 0.2) is 47.6 Å². The van der Waals surface area contributed by atoms with E-state index in [9.17, 15) is 9.59 Å². The lowest BCUT2D eigenvalue weighted by Crippen LogP contribution is -2.37. The van der Waals surface area contributed by atoms with Crippen LogP contribution in [0, 0.1) is 6.92 Å². The number of likely N-dealkylation sites (N-methyl/N-ethyl adjacent to an activating group) is 1. The average molecular weight is 464 g/mol. The van der Waals surface area contributed by atoms with E-state index in [2.05, 4.69) is 34.2 Å². The van der Waals surface area contributed by atoms with Gasteiger partial charge in [0.1, 0.15) is 0 Å². The molecule has 2 aliphatic heterocycles. The molecule has 8 nitrogen and oxygen atoms in total. The summed E-state index contributed by atoms with van der Waals surface area (Å²) in [6.45, 7) is 4.84. The molecule has 170 valence electrons.